The summed E-state index contributed by atoms with van der Waals surface area (Å²) in [7, 11) is 0. The molecule has 0 atom stereocenters. The van der Waals surface area contributed by atoms with Gasteiger partial charge < -0.3 is 4.42 Å². The lowest BCUT2D eigenvalue weighted by atomic mass is 9.99. The molecule has 7 aromatic carbocycles. The monoisotopic (exact) mass is 657 g/mol. The molecule has 10 rings (SSSR count). The minimum atomic E-state index is 0.592. The number of para-hydroxylation sites is 1. The van der Waals surface area contributed by atoms with Crippen molar-refractivity contribution in [2.75, 3.05) is 0 Å². The molecule has 0 unspecified atom stereocenters. The van der Waals surface area contributed by atoms with Gasteiger partial charge in [-0.2, -0.15) is 0 Å². The quantitative estimate of drug-likeness (QED) is 0.185. The van der Waals surface area contributed by atoms with Gasteiger partial charge in [0.15, 0.2) is 17.5 Å². The van der Waals surface area contributed by atoms with Gasteiger partial charge in [-0.25, -0.2) is 15.0 Å². The first-order valence-electron chi connectivity index (χ1n) is 16.6. The van der Waals surface area contributed by atoms with E-state index in [1.54, 1.807) is 0 Å². The Hall–Kier alpha value is -6.43. The molecule has 10 aromatic rings. The van der Waals surface area contributed by atoms with E-state index in [-0.39, 0.29) is 0 Å². The van der Waals surface area contributed by atoms with Crippen LogP contribution in [-0.2, 0) is 0 Å². The van der Waals surface area contributed by atoms with Crippen molar-refractivity contribution in [1.29, 1.82) is 0 Å². The molecule has 0 saturated heterocycles. The Bertz CT molecular complexity index is 2870. The maximum Gasteiger partial charge on any atom is 0.164 e. The van der Waals surface area contributed by atoms with E-state index < -0.39 is 0 Å². The van der Waals surface area contributed by atoms with E-state index in [9.17, 15) is 0 Å². The topological polar surface area (TPSA) is 51.8 Å². The van der Waals surface area contributed by atoms with Crippen molar-refractivity contribution in [1.82, 2.24) is 15.0 Å². The Labute approximate surface area is 292 Å². The average molecular weight is 658 g/mol. The highest BCUT2D eigenvalue weighted by Crippen LogP contribution is 2.40. The Kier molecular flexibility index (Phi) is 6.64. The fraction of sp³-hybridized carbons (Fsp3) is 0. The zero-order valence-corrected chi connectivity index (χ0v) is 27.6. The van der Waals surface area contributed by atoms with Crippen LogP contribution >= 0.6 is 11.3 Å². The minimum absolute atomic E-state index is 0.592. The van der Waals surface area contributed by atoms with Crippen molar-refractivity contribution < 1.29 is 4.42 Å². The predicted molar refractivity (Wildman–Crippen MR) is 207 cm³/mol. The number of aromatic nitrogens is 3. The molecule has 0 fully saturated rings. The number of benzene rings is 7. The Balaban J connectivity index is 1.13. The summed E-state index contributed by atoms with van der Waals surface area (Å²) in [5.74, 6) is 1.83. The summed E-state index contributed by atoms with van der Waals surface area (Å²) in [6, 6.07) is 56.8. The summed E-state index contributed by atoms with van der Waals surface area (Å²) in [5.41, 5.74) is 8.95. The molecular weight excluding hydrogens is 631 g/mol. The number of fused-ring (bicyclic) bond motifs is 6. The van der Waals surface area contributed by atoms with Crippen molar-refractivity contribution in [3.63, 3.8) is 0 Å². The molecule has 0 aliphatic carbocycles. The molecule has 4 nitrogen and oxygen atoms in total. The summed E-state index contributed by atoms with van der Waals surface area (Å²) >= 11 is 1.84. The van der Waals surface area contributed by atoms with Gasteiger partial charge >= 0.3 is 0 Å². The summed E-state index contributed by atoms with van der Waals surface area (Å²) in [5, 5.41) is 4.75. The molecule has 0 amide bonds. The summed E-state index contributed by atoms with van der Waals surface area (Å²) in [6.45, 7) is 0. The van der Waals surface area contributed by atoms with Crippen LogP contribution in [0.4, 0.5) is 0 Å². The average Bonchev–Trinajstić information content (AvgIpc) is 3.76. The van der Waals surface area contributed by atoms with Gasteiger partial charge in [-0.05, 0) is 46.5 Å². The largest absolute Gasteiger partial charge is 0.456 e. The van der Waals surface area contributed by atoms with Gasteiger partial charge in [0.1, 0.15) is 11.2 Å². The third-order valence-electron chi connectivity index (χ3n) is 9.38. The second-order valence-electron chi connectivity index (χ2n) is 12.4. The maximum atomic E-state index is 6.26. The summed E-state index contributed by atoms with van der Waals surface area (Å²) in [6.07, 6.45) is 0. The fourth-order valence-corrected chi connectivity index (χ4v) is 8.18. The van der Waals surface area contributed by atoms with Gasteiger partial charge in [-0.15, -0.1) is 11.3 Å². The third kappa shape index (κ3) is 4.79. The zero-order chi connectivity index (χ0) is 33.0. The van der Waals surface area contributed by atoms with Crippen LogP contribution in [0.5, 0.6) is 0 Å². The molecule has 0 aliphatic rings. The Morgan fingerprint density at radius 3 is 1.80 bits per heavy atom. The lowest BCUT2D eigenvalue weighted by Crippen LogP contribution is -2.01. The highest BCUT2D eigenvalue weighted by molar-refractivity contribution is 7.26. The number of furan rings is 1. The SMILES string of the molecule is c1ccc(-c2ccccc2-c2nc(-c3ccc(-c4cccc5c4sc4ccccc45)cc3)nc(-c3ccc4c(c3)oc3ccccc34)n2)cc1. The molecule has 50 heavy (non-hydrogen) atoms. The molecule has 3 aromatic heterocycles. The van der Waals surface area contributed by atoms with E-state index >= 15 is 0 Å². The highest BCUT2D eigenvalue weighted by atomic mass is 32.1. The van der Waals surface area contributed by atoms with E-state index in [4.69, 9.17) is 19.4 Å². The first-order chi connectivity index (χ1) is 24.8. The molecule has 0 spiro atoms. The maximum absolute atomic E-state index is 6.26. The van der Waals surface area contributed by atoms with Crippen molar-refractivity contribution >= 4 is 53.4 Å². The number of hydrogen-bond acceptors (Lipinski definition) is 5. The highest BCUT2D eigenvalue weighted by Gasteiger charge is 2.17. The number of nitrogens with zero attached hydrogens (tertiary/aromatic N) is 3. The number of rotatable bonds is 5. The summed E-state index contributed by atoms with van der Waals surface area (Å²) in [4.78, 5) is 15.3. The van der Waals surface area contributed by atoms with Crippen LogP contribution in [0.25, 0.3) is 98.5 Å². The molecular formula is C45H27N3OS. The molecule has 3 heterocycles. The molecule has 0 bridgehead atoms. The van der Waals surface area contributed by atoms with Gasteiger partial charge in [0.2, 0.25) is 0 Å². The zero-order valence-electron chi connectivity index (χ0n) is 26.7. The van der Waals surface area contributed by atoms with Crippen LogP contribution in [0.1, 0.15) is 0 Å². The standard InChI is InChI=1S/C45H27N3OS/c1-2-11-28(12-3-1)32-13-4-5-16-38(32)45-47-43(46-44(48-45)31-25-26-35-34-14-6-8-19-39(34)49-40(35)27-31)30-23-21-29(22-24-30)33-17-10-18-37-36-15-7-9-20-41(36)50-42(33)37/h1-27H. The van der Waals surface area contributed by atoms with Crippen molar-refractivity contribution in [2.24, 2.45) is 0 Å². The van der Waals surface area contributed by atoms with E-state index in [1.165, 1.54) is 25.7 Å². The summed E-state index contributed by atoms with van der Waals surface area (Å²) < 4.78 is 8.85. The molecule has 234 valence electrons. The van der Waals surface area contributed by atoms with Gasteiger partial charge in [0.25, 0.3) is 0 Å². The lowest BCUT2D eigenvalue weighted by Gasteiger charge is -2.12. The Morgan fingerprint density at radius 1 is 0.360 bits per heavy atom. The first-order valence-corrected chi connectivity index (χ1v) is 17.4. The molecule has 0 N–H and O–H groups in total. The van der Waals surface area contributed by atoms with Crippen LogP contribution in [0.15, 0.2) is 168 Å². The van der Waals surface area contributed by atoms with Crippen LogP contribution in [-0.4, -0.2) is 15.0 Å². The van der Waals surface area contributed by atoms with Gasteiger partial charge in [0, 0.05) is 47.6 Å². The minimum Gasteiger partial charge on any atom is -0.456 e. The number of thiophene rings is 1. The van der Waals surface area contributed by atoms with E-state index in [0.717, 1.165) is 55.3 Å². The van der Waals surface area contributed by atoms with Gasteiger partial charge in [0.05, 0.1) is 0 Å². The van der Waals surface area contributed by atoms with Gasteiger partial charge in [-0.1, -0.05) is 140 Å². The van der Waals surface area contributed by atoms with Crippen LogP contribution in [0.3, 0.4) is 0 Å². The van der Waals surface area contributed by atoms with E-state index in [2.05, 4.69) is 127 Å². The van der Waals surface area contributed by atoms with E-state index in [0.29, 0.717) is 17.5 Å². The first kappa shape index (κ1) is 28.6. The van der Waals surface area contributed by atoms with Crippen molar-refractivity contribution in [3.05, 3.63) is 164 Å². The van der Waals surface area contributed by atoms with Gasteiger partial charge in [-0.3, -0.25) is 0 Å². The van der Waals surface area contributed by atoms with Crippen LogP contribution in [0, 0.1) is 0 Å². The molecule has 0 aliphatic heterocycles. The number of hydrogen-bond donors (Lipinski definition) is 0. The van der Waals surface area contributed by atoms with Crippen LogP contribution < -0.4 is 0 Å². The van der Waals surface area contributed by atoms with Crippen molar-refractivity contribution in [3.8, 4) is 56.4 Å². The second kappa shape index (κ2) is 11.6. The normalized spacial score (nSPS) is 11.6. The fourth-order valence-electron chi connectivity index (χ4n) is 6.94. The predicted octanol–water partition coefficient (Wildman–Crippen LogP) is 12.5. The second-order valence-corrected chi connectivity index (χ2v) is 13.4. The van der Waals surface area contributed by atoms with E-state index in [1.807, 2.05) is 47.7 Å². The molecule has 0 saturated carbocycles. The van der Waals surface area contributed by atoms with Crippen LogP contribution in [0.2, 0.25) is 0 Å². The smallest absolute Gasteiger partial charge is 0.164 e. The van der Waals surface area contributed by atoms with Crippen molar-refractivity contribution in [2.45, 2.75) is 0 Å². The molecule has 5 heteroatoms. The Morgan fingerprint density at radius 2 is 0.940 bits per heavy atom. The lowest BCUT2D eigenvalue weighted by molar-refractivity contribution is 0.669. The molecule has 0 radical (unpaired) electrons. The third-order valence-corrected chi connectivity index (χ3v) is 10.6.